The van der Waals surface area contributed by atoms with E-state index in [1.807, 2.05) is 0 Å². The first kappa shape index (κ1) is 14.2. The van der Waals surface area contributed by atoms with Crippen molar-refractivity contribution in [1.82, 2.24) is 5.32 Å². The van der Waals surface area contributed by atoms with Gasteiger partial charge < -0.3 is 11.1 Å². The molecule has 0 spiro atoms. The van der Waals surface area contributed by atoms with Crippen LogP contribution in [0.25, 0.3) is 0 Å². The first-order chi connectivity index (χ1) is 8.19. The summed E-state index contributed by atoms with van der Waals surface area (Å²) in [7, 11) is 0. The molecule has 2 heteroatoms. The highest BCUT2D eigenvalue weighted by Crippen LogP contribution is 2.11. The van der Waals surface area contributed by atoms with Crippen LogP contribution in [0.3, 0.4) is 0 Å². The van der Waals surface area contributed by atoms with Crippen LogP contribution < -0.4 is 11.1 Å². The molecule has 0 amide bonds. The first-order valence-corrected chi connectivity index (χ1v) is 6.66. The van der Waals surface area contributed by atoms with E-state index in [9.17, 15) is 0 Å². The van der Waals surface area contributed by atoms with E-state index in [1.165, 1.54) is 11.1 Å². The normalized spacial score (nSPS) is 13.0. The van der Waals surface area contributed by atoms with Crippen molar-refractivity contribution >= 4 is 0 Å². The molecule has 0 radical (unpaired) electrons. The zero-order valence-corrected chi connectivity index (χ0v) is 11.4. The molecule has 0 fully saturated rings. The molecule has 1 atom stereocenters. The van der Waals surface area contributed by atoms with Crippen LogP contribution in [0.1, 0.15) is 31.9 Å². The lowest BCUT2D eigenvalue weighted by molar-refractivity contribution is 0.370. The SMILES string of the molecule is CCc1ccccc1CNCC(CN)C(C)C. The Labute approximate surface area is 106 Å². The summed E-state index contributed by atoms with van der Waals surface area (Å²) in [5.74, 6) is 1.22. The summed E-state index contributed by atoms with van der Waals surface area (Å²) < 4.78 is 0. The summed E-state index contributed by atoms with van der Waals surface area (Å²) in [6, 6.07) is 8.64. The molecule has 0 saturated carbocycles. The Kier molecular flexibility index (Phi) is 6.23. The van der Waals surface area contributed by atoms with Crippen molar-refractivity contribution in [3.63, 3.8) is 0 Å². The molecule has 3 N–H and O–H groups in total. The minimum absolute atomic E-state index is 0.573. The van der Waals surface area contributed by atoms with E-state index in [1.54, 1.807) is 0 Å². The second-order valence-electron chi connectivity index (χ2n) is 4.99. The van der Waals surface area contributed by atoms with Gasteiger partial charge in [0.25, 0.3) is 0 Å². The van der Waals surface area contributed by atoms with Gasteiger partial charge in [0.05, 0.1) is 0 Å². The summed E-state index contributed by atoms with van der Waals surface area (Å²) in [4.78, 5) is 0. The Balaban J connectivity index is 2.45. The molecule has 0 saturated heterocycles. The molecule has 0 aliphatic rings. The summed E-state index contributed by atoms with van der Waals surface area (Å²) in [6.45, 7) is 9.40. The second kappa shape index (κ2) is 7.46. The molecule has 0 aliphatic heterocycles. The zero-order valence-electron chi connectivity index (χ0n) is 11.4. The fourth-order valence-corrected chi connectivity index (χ4v) is 2.06. The Morgan fingerprint density at radius 1 is 1.18 bits per heavy atom. The summed E-state index contributed by atoms with van der Waals surface area (Å²) in [5, 5.41) is 3.53. The van der Waals surface area contributed by atoms with Crippen LogP contribution in [0.4, 0.5) is 0 Å². The molecule has 0 aliphatic carbocycles. The molecule has 17 heavy (non-hydrogen) atoms. The highest BCUT2D eigenvalue weighted by atomic mass is 14.9. The lowest BCUT2D eigenvalue weighted by Crippen LogP contribution is -2.31. The molecular formula is C15H26N2. The van der Waals surface area contributed by atoms with Crippen molar-refractivity contribution < 1.29 is 0 Å². The van der Waals surface area contributed by atoms with Gasteiger partial charge in [-0.05, 0) is 42.5 Å². The third-order valence-corrected chi connectivity index (χ3v) is 3.47. The van der Waals surface area contributed by atoms with E-state index < -0.39 is 0 Å². The standard InChI is InChI=1S/C15H26N2/c1-4-13-7-5-6-8-14(13)10-17-11-15(9-16)12(2)3/h5-8,12,15,17H,4,9-11,16H2,1-3H3. The van der Waals surface area contributed by atoms with Gasteiger partial charge in [-0.1, -0.05) is 45.0 Å². The third kappa shape index (κ3) is 4.49. The second-order valence-corrected chi connectivity index (χ2v) is 4.99. The maximum absolute atomic E-state index is 5.77. The minimum Gasteiger partial charge on any atom is -0.330 e. The largest absolute Gasteiger partial charge is 0.330 e. The average Bonchev–Trinajstić information content (AvgIpc) is 2.34. The minimum atomic E-state index is 0.573. The van der Waals surface area contributed by atoms with Gasteiger partial charge >= 0.3 is 0 Å². The molecule has 0 aromatic heterocycles. The number of aryl methyl sites for hydroxylation is 1. The van der Waals surface area contributed by atoms with Crippen molar-refractivity contribution in [2.24, 2.45) is 17.6 Å². The van der Waals surface area contributed by atoms with Crippen LogP contribution in [0.2, 0.25) is 0 Å². The number of nitrogens with one attached hydrogen (secondary N) is 1. The van der Waals surface area contributed by atoms with E-state index in [4.69, 9.17) is 5.73 Å². The van der Waals surface area contributed by atoms with Gasteiger partial charge in [0.15, 0.2) is 0 Å². The average molecular weight is 234 g/mol. The van der Waals surface area contributed by atoms with Crippen LogP contribution in [0, 0.1) is 11.8 Å². The summed E-state index contributed by atoms with van der Waals surface area (Å²) in [5.41, 5.74) is 8.62. The van der Waals surface area contributed by atoms with E-state index in [0.29, 0.717) is 11.8 Å². The van der Waals surface area contributed by atoms with Gasteiger partial charge in [0.2, 0.25) is 0 Å². The molecule has 1 unspecified atom stereocenters. The lowest BCUT2D eigenvalue weighted by Gasteiger charge is -2.19. The maximum atomic E-state index is 5.77. The van der Waals surface area contributed by atoms with Crippen LogP contribution in [0.5, 0.6) is 0 Å². The smallest absolute Gasteiger partial charge is 0.0208 e. The van der Waals surface area contributed by atoms with Gasteiger partial charge in [-0.15, -0.1) is 0 Å². The number of rotatable bonds is 7. The summed E-state index contributed by atoms with van der Waals surface area (Å²) >= 11 is 0. The van der Waals surface area contributed by atoms with Crippen molar-refractivity contribution in [1.29, 1.82) is 0 Å². The highest BCUT2D eigenvalue weighted by Gasteiger charge is 2.10. The molecule has 1 aromatic carbocycles. The van der Waals surface area contributed by atoms with Crippen LogP contribution in [-0.2, 0) is 13.0 Å². The highest BCUT2D eigenvalue weighted by molar-refractivity contribution is 5.26. The quantitative estimate of drug-likeness (QED) is 0.761. The molecule has 2 nitrogen and oxygen atoms in total. The van der Waals surface area contributed by atoms with Crippen molar-refractivity contribution in [2.45, 2.75) is 33.7 Å². The molecule has 0 heterocycles. The Hall–Kier alpha value is -0.860. The molecule has 96 valence electrons. The number of hydrogen-bond donors (Lipinski definition) is 2. The maximum Gasteiger partial charge on any atom is 0.0208 e. The van der Waals surface area contributed by atoms with Crippen LogP contribution in [-0.4, -0.2) is 13.1 Å². The fourth-order valence-electron chi connectivity index (χ4n) is 2.06. The van der Waals surface area contributed by atoms with Gasteiger partial charge in [0, 0.05) is 6.54 Å². The van der Waals surface area contributed by atoms with Gasteiger partial charge in [-0.3, -0.25) is 0 Å². The predicted molar refractivity (Wildman–Crippen MR) is 74.9 cm³/mol. The van der Waals surface area contributed by atoms with Gasteiger partial charge in [0.1, 0.15) is 0 Å². The Morgan fingerprint density at radius 3 is 2.35 bits per heavy atom. The first-order valence-electron chi connectivity index (χ1n) is 6.66. The van der Waals surface area contributed by atoms with E-state index in [-0.39, 0.29) is 0 Å². The zero-order chi connectivity index (χ0) is 12.7. The monoisotopic (exact) mass is 234 g/mol. The van der Waals surface area contributed by atoms with Crippen molar-refractivity contribution in [3.05, 3.63) is 35.4 Å². The molecule has 0 bridgehead atoms. The van der Waals surface area contributed by atoms with E-state index >= 15 is 0 Å². The number of hydrogen-bond acceptors (Lipinski definition) is 2. The Morgan fingerprint density at radius 2 is 1.82 bits per heavy atom. The Bertz CT molecular complexity index is 320. The number of benzene rings is 1. The van der Waals surface area contributed by atoms with Crippen LogP contribution in [0.15, 0.2) is 24.3 Å². The van der Waals surface area contributed by atoms with Crippen molar-refractivity contribution in [3.8, 4) is 0 Å². The van der Waals surface area contributed by atoms with Gasteiger partial charge in [-0.25, -0.2) is 0 Å². The molecule has 1 aromatic rings. The number of nitrogens with two attached hydrogens (primary N) is 1. The molecular weight excluding hydrogens is 208 g/mol. The lowest BCUT2D eigenvalue weighted by atomic mass is 9.96. The van der Waals surface area contributed by atoms with Crippen LogP contribution >= 0.6 is 0 Å². The van der Waals surface area contributed by atoms with Crippen molar-refractivity contribution in [2.75, 3.05) is 13.1 Å². The van der Waals surface area contributed by atoms with Gasteiger partial charge in [-0.2, -0.15) is 0 Å². The van der Waals surface area contributed by atoms with E-state index in [2.05, 4.69) is 50.4 Å². The van der Waals surface area contributed by atoms with E-state index in [0.717, 1.165) is 26.1 Å². The molecule has 1 rings (SSSR count). The topological polar surface area (TPSA) is 38.0 Å². The fraction of sp³-hybridized carbons (Fsp3) is 0.600. The predicted octanol–water partition coefficient (Wildman–Crippen LogP) is 2.57. The third-order valence-electron chi connectivity index (χ3n) is 3.47. The summed E-state index contributed by atoms with van der Waals surface area (Å²) in [6.07, 6.45) is 1.10.